The summed E-state index contributed by atoms with van der Waals surface area (Å²) in [5.74, 6) is -0.285. The van der Waals surface area contributed by atoms with Gasteiger partial charge in [-0.05, 0) is 25.0 Å². The van der Waals surface area contributed by atoms with E-state index in [-0.39, 0.29) is 5.82 Å². The lowest BCUT2D eigenvalue weighted by Gasteiger charge is -2.06. The van der Waals surface area contributed by atoms with Gasteiger partial charge in [0.25, 0.3) is 0 Å². The number of rotatable bonds is 3. The second-order valence-corrected chi connectivity index (χ2v) is 3.88. The van der Waals surface area contributed by atoms with Gasteiger partial charge in [-0.15, -0.1) is 0 Å². The van der Waals surface area contributed by atoms with E-state index in [4.69, 9.17) is 5.73 Å². The summed E-state index contributed by atoms with van der Waals surface area (Å²) in [6.07, 6.45) is 1.48. The number of para-hydroxylation sites is 1. The standard InChI is InChI=1S/C13H16FN3/c1-3-10-13(15)11(4-2)17(16-10)12-8-6-5-7-9(12)14/h5-8H,3-4,15H2,1-2H3. The Morgan fingerprint density at radius 1 is 1.24 bits per heavy atom. The third-order valence-corrected chi connectivity index (χ3v) is 2.85. The molecule has 2 aromatic rings. The van der Waals surface area contributed by atoms with E-state index in [1.807, 2.05) is 13.8 Å². The van der Waals surface area contributed by atoms with Crippen molar-refractivity contribution in [2.75, 3.05) is 5.73 Å². The average Bonchev–Trinajstić information content (AvgIpc) is 2.66. The zero-order chi connectivity index (χ0) is 12.4. The van der Waals surface area contributed by atoms with Crippen molar-refractivity contribution in [2.45, 2.75) is 26.7 Å². The van der Waals surface area contributed by atoms with E-state index in [0.717, 1.165) is 24.2 Å². The molecule has 0 aliphatic carbocycles. The Morgan fingerprint density at radius 3 is 2.53 bits per heavy atom. The highest BCUT2D eigenvalue weighted by atomic mass is 19.1. The minimum Gasteiger partial charge on any atom is -0.396 e. The lowest BCUT2D eigenvalue weighted by Crippen LogP contribution is -2.04. The first-order valence-electron chi connectivity index (χ1n) is 5.80. The Labute approximate surface area is 100 Å². The van der Waals surface area contributed by atoms with Crippen LogP contribution >= 0.6 is 0 Å². The van der Waals surface area contributed by atoms with Crippen LogP contribution in [-0.2, 0) is 12.8 Å². The van der Waals surface area contributed by atoms with Crippen molar-refractivity contribution in [3.8, 4) is 5.69 Å². The number of hydrogen-bond donors (Lipinski definition) is 1. The number of aryl methyl sites for hydroxylation is 1. The van der Waals surface area contributed by atoms with Crippen LogP contribution in [0.1, 0.15) is 25.2 Å². The Balaban J connectivity index is 2.63. The maximum absolute atomic E-state index is 13.7. The highest BCUT2D eigenvalue weighted by Crippen LogP contribution is 2.23. The van der Waals surface area contributed by atoms with Crippen LogP contribution in [0.25, 0.3) is 5.69 Å². The summed E-state index contributed by atoms with van der Waals surface area (Å²) in [7, 11) is 0. The molecule has 4 heteroatoms. The van der Waals surface area contributed by atoms with E-state index in [9.17, 15) is 4.39 Å². The van der Waals surface area contributed by atoms with Gasteiger partial charge in [-0.3, -0.25) is 0 Å². The number of nitrogens with zero attached hydrogens (tertiary/aromatic N) is 2. The van der Waals surface area contributed by atoms with Gasteiger partial charge >= 0.3 is 0 Å². The smallest absolute Gasteiger partial charge is 0.148 e. The van der Waals surface area contributed by atoms with Crippen LogP contribution in [0.2, 0.25) is 0 Å². The van der Waals surface area contributed by atoms with Gasteiger partial charge in [0.05, 0.1) is 17.1 Å². The highest BCUT2D eigenvalue weighted by molar-refractivity contribution is 5.52. The minimum atomic E-state index is -0.285. The molecule has 0 saturated heterocycles. The van der Waals surface area contributed by atoms with E-state index >= 15 is 0 Å². The summed E-state index contributed by atoms with van der Waals surface area (Å²) in [4.78, 5) is 0. The number of nitrogens with two attached hydrogens (primary N) is 1. The van der Waals surface area contributed by atoms with E-state index in [0.29, 0.717) is 11.4 Å². The minimum absolute atomic E-state index is 0.285. The lowest BCUT2D eigenvalue weighted by atomic mass is 10.2. The van der Waals surface area contributed by atoms with E-state index in [1.54, 1.807) is 22.9 Å². The number of halogens is 1. The summed E-state index contributed by atoms with van der Waals surface area (Å²) >= 11 is 0. The van der Waals surface area contributed by atoms with Crippen LogP contribution in [0.15, 0.2) is 24.3 Å². The van der Waals surface area contributed by atoms with Gasteiger partial charge < -0.3 is 5.73 Å². The Kier molecular flexibility index (Phi) is 3.13. The molecule has 17 heavy (non-hydrogen) atoms. The Morgan fingerprint density at radius 2 is 1.94 bits per heavy atom. The van der Waals surface area contributed by atoms with Gasteiger partial charge in [-0.2, -0.15) is 5.10 Å². The molecule has 0 aliphatic heterocycles. The molecule has 2 N–H and O–H groups in total. The molecule has 0 atom stereocenters. The van der Waals surface area contributed by atoms with Crippen LogP contribution in [0.4, 0.5) is 10.1 Å². The van der Waals surface area contributed by atoms with Crippen LogP contribution < -0.4 is 5.73 Å². The first kappa shape index (κ1) is 11.6. The van der Waals surface area contributed by atoms with Crippen molar-refractivity contribution >= 4 is 5.69 Å². The van der Waals surface area contributed by atoms with E-state index in [2.05, 4.69) is 5.10 Å². The van der Waals surface area contributed by atoms with Crippen molar-refractivity contribution in [2.24, 2.45) is 0 Å². The quantitative estimate of drug-likeness (QED) is 0.885. The molecule has 1 aromatic carbocycles. The predicted octanol–water partition coefficient (Wildman–Crippen LogP) is 2.72. The Hall–Kier alpha value is -1.84. The normalized spacial score (nSPS) is 10.8. The van der Waals surface area contributed by atoms with Crippen molar-refractivity contribution in [3.63, 3.8) is 0 Å². The van der Waals surface area contributed by atoms with Gasteiger partial charge in [0.1, 0.15) is 11.5 Å². The molecule has 90 valence electrons. The van der Waals surface area contributed by atoms with Crippen LogP contribution in [0.5, 0.6) is 0 Å². The SMILES string of the molecule is CCc1nn(-c2ccccc2F)c(CC)c1N. The first-order valence-corrected chi connectivity index (χ1v) is 5.80. The number of benzene rings is 1. The number of aromatic nitrogens is 2. The number of nitrogen functional groups attached to an aromatic ring is 1. The van der Waals surface area contributed by atoms with E-state index in [1.165, 1.54) is 6.07 Å². The number of hydrogen-bond acceptors (Lipinski definition) is 2. The zero-order valence-electron chi connectivity index (χ0n) is 10.1. The second-order valence-electron chi connectivity index (χ2n) is 3.88. The molecule has 0 unspecified atom stereocenters. The molecule has 0 radical (unpaired) electrons. The summed E-state index contributed by atoms with van der Waals surface area (Å²) in [6, 6.07) is 6.60. The summed E-state index contributed by atoms with van der Waals surface area (Å²) < 4.78 is 15.3. The molecule has 0 saturated carbocycles. The first-order chi connectivity index (χ1) is 8.19. The summed E-state index contributed by atoms with van der Waals surface area (Å²) in [6.45, 7) is 3.98. The predicted molar refractivity (Wildman–Crippen MR) is 66.7 cm³/mol. The molecule has 3 nitrogen and oxygen atoms in total. The third kappa shape index (κ3) is 1.90. The van der Waals surface area contributed by atoms with Crippen molar-refractivity contribution in [1.29, 1.82) is 0 Å². The molecule has 1 aromatic heterocycles. The molecule has 2 rings (SSSR count). The van der Waals surface area contributed by atoms with Gasteiger partial charge in [-0.25, -0.2) is 9.07 Å². The van der Waals surface area contributed by atoms with Gasteiger partial charge in [-0.1, -0.05) is 26.0 Å². The average molecular weight is 233 g/mol. The molecular weight excluding hydrogens is 217 g/mol. The third-order valence-electron chi connectivity index (χ3n) is 2.85. The molecule has 0 bridgehead atoms. The van der Waals surface area contributed by atoms with Gasteiger partial charge in [0.2, 0.25) is 0 Å². The number of anilines is 1. The lowest BCUT2D eigenvalue weighted by molar-refractivity contribution is 0.606. The molecule has 1 heterocycles. The molecule has 0 amide bonds. The van der Waals surface area contributed by atoms with E-state index < -0.39 is 0 Å². The molecular formula is C13H16FN3. The fourth-order valence-electron chi connectivity index (χ4n) is 1.94. The van der Waals surface area contributed by atoms with Crippen LogP contribution in [-0.4, -0.2) is 9.78 Å². The van der Waals surface area contributed by atoms with Gasteiger partial charge in [0, 0.05) is 0 Å². The fraction of sp³-hybridized carbons (Fsp3) is 0.308. The topological polar surface area (TPSA) is 43.8 Å². The van der Waals surface area contributed by atoms with Crippen molar-refractivity contribution in [3.05, 3.63) is 41.5 Å². The monoisotopic (exact) mass is 233 g/mol. The van der Waals surface area contributed by atoms with Crippen molar-refractivity contribution in [1.82, 2.24) is 9.78 Å². The Bertz CT molecular complexity index is 531. The second kappa shape index (κ2) is 4.57. The zero-order valence-corrected chi connectivity index (χ0v) is 10.1. The highest BCUT2D eigenvalue weighted by Gasteiger charge is 2.15. The molecule has 0 fully saturated rings. The largest absolute Gasteiger partial charge is 0.396 e. The molecule has 0 aliphatic rings. The van der Waals surface area contributed by atoms with Crippen LogP contribution in [0.3, 0.4) is 0 Å². The van der Waals surface area contributed by atoms with Gasteiger partial charge in [0.15, 0.2) is 0 Å². The summed E-state index contributed by atoms with van der Waals surface area (Å²) in [5.41, 5.74) is 8.83. The van der Waals surface area contributed by atoms with Crippen LogP contribution in [0, 0.1) is 5.82 Å². The summed E-state index contributed by atoms with van der Waals surface area (Å²) in [5, 5.41) is 4.38. The fourth-order valence-corrected chi connectivity index (χ4v) is 1.94. The maximum Gasteiger partial charge on any atom is 0.148 e. The van der Waals surface area contributed by atoms with Crippen molar-refractivity contribution < 1.29 is 4.39 Å². The molecule has 0 spiro atoms. The maximum atomic E-state index is 13.7.